The number of hydrogen-bond acceptors (Lipinski definition) is 2. The summed E-state index contributed by atoms with van der Waals surface area (Å²) in [6.45, 7) is 2.12. The van der Waals surface area contributed by atoms with Gasteiger partial charge in [-0.25, -0.2) is 4.98 Å². The van der Waals surface area contributed by atoms with Gasteiger partial charge in [0.15, 0.2) is 0 Å². The van der Waals surface area contributed by atoms with Crippen molar-refractivity contribution in [3.63, 3.8) is 0 Å². The number of hydrogen-bond donors (Lipinski definition) is 0. The SMILES string of the molecule is Clc1cccnc1N1CCC(CBr)C1. The van der Waals surface area contributed by atoms with Gasteiger partial charge in [0.2, 0.25) is 0 Å². The Balaban J connectivity index is 2.13. The summed E-state index contributed by atoms with van der Waals surface area (Å²) in [4.78, 5) is 6.57. The molecule has 0 N–H and O–H groups in total. The van der Waals surface area contributed by atoms with Gasteiger partial charge in [-0.15, -0.1) is 0 Å². The number of nitrogens with zero attached hydrogens (tertiary/aromatic N) is 2. The maximum absolute atomic E-state index is 6.08. The summed E-state index contributed by atoms with van der Waals surface area (Å²) < 4.78 is 0. The van der Waals surface area contributed by atoms with Crippen LogP contribution < -0.4 is 4.90 Å². The van der Waals surface area contributed by atoms with Crippen LogP contribution in [-0.2, 0) is 0 Å². The number of pyridine rings is 1. The third kappa shape index (κ3) is 2.04. The second-order valence-electron chi connectivity index (χ2n) is 3.56. The van der Waals surface area contributed by atoms with Crippen LogP contribution in [0.5, 0.6) is 0 Å². The molecule has 0 aliphatic carbocycles. The lowest BCUT2D eigenvalue weighted by Gasteiger charge is -2.17. The molecule has 0 amide bonds. The highest BCUT2D eigenvalue weighted by molar-refractivity contribution is 9.09. The van der Waals surface area contributed by atoms with Gasteiger partial charge >= 0.3 is 0 Å². The van der Waals surface area contributed by atoms with Crippen molar-refractivity contribution in [1.82, 2.24) is 4.98 Å². The van der Waals surface area contributed by atoms with Gasteiger partial charge in [0.25, 0.3) is 0 Å². The molecule has 0 saturated carbocycles. The minimum Gasteiger partial charge on any atom is -0.355 e. The molecule has 1 atom stereocenters. The zero-order chi connectivity index (χ0) is 9.97. The number of halogens is 2. The first kappa shape index (κ1) is 10.2. The normalized spacial score (nSPS) is 21.6. The lowest BCUT2D eigenvalue weighted by Crippen LogP contribution is -2.21. The smallest absolute Gasteiger partial charge is 0.147 e. The number of anilines is 1. The Labute approximate surface area is 97.4 Å². The molecule has 14 heavy (non-hydrogen) atoms. The minimum atomic E-state index is 0.730. The van der Waals surface area contributed by atoms with Crippen molar-refractivity contribution >= 4 is 33.3 Å². The van der Waals surface area contributed by atoms with Crippen molar-refractivity contribution in [3.8, 4) is 0 Å². The molecule has 0 aromatic carbocycles. The summed E-state index contributed by atoms with van der Waals surface area (Å²) in [6.07, 6.45) is 3.01. The van der Waals surface area contributed by atoms with Gasteiger partial charge in [0.05, 0.1) is 5.02 Å². The van der Waals surface area contributed by atoms with Crippen LogP contribution in [0.2, 0.25) is 5.02 Å². The van der Waals surface area contributed by atoms with Crippen molar-refractivity contribution in [2.45, 2.75) is 6.42 Å². The second-order valence-corrected chi connectivity index (χ2v) is 4.62. The Kier molecular flexibility index (Phi) is 3.29. The molecule has 2 heterocycles. The van der Waals surface area contributed by atoms with Gasteiger partial charge in [0.1, 0.15) is 5.82 Å². The lowest BCUT2D eigenvalue weighted by molar-refractivity contribution is 0.675. The highest BCUT2D eigenvalue weighted by atomic mass is 79.9. The zero-order valence-electron chi connectivity index (χ0n) is 7.79. The highest BCUT2D eigenvalue weighted by Gasteiger charge is 2.23. The molecule has 0 radical (unpaired) electrons. The van der Waals surface area contributed by atoms with Gasteiger partial charge in [-0.05, 0) is 24.5 Å². The van der Waals surface area contributed by atoms with Crippen LogP contribution in [0.3, 0.4) is 0 Å². The van der Waals surface area contributed by atoms with Crippen LogP contribution in [0.4, 0.5) is 5.82 Å². The molecule has 0 spiro atoms. The first-order valence-corrected chi connectivity index (χ1v) is 6.22. The summed E-state index contributed by atoms with van der Waals surface area (Å²) in [6, 6.07) is 3.76. The van der Waals surface area contributed by atoms with Gasteiger partial charge in [-0.1, -0.05) is 27.5 Å². The Morgan fingerprint density at radius 3 is 3.14 bits per heavy atom. The van der Waals surface area contributed by atoms with Crippen LogP contribution in [0.25, 0.3) is 0 Å². The van der Waals surface area contributed by atoms with E-state index in [-0.39, 0.29) is 0 Å². The molecule has 1 aliphatic rings. The summed E-state index contributed by atoms with van der Waals surface area (Å²) in [5.41, 5.74) is 0. The maximum Gasteiger partial charge on any atom is 0.147 e. The third-order valence-electron chi connectivity index (χ3n) is 2.54. The van der Waals surface area contributed by atoms with Crippen LogP contribution in [0, 0.1) is 5.92 Å². The quantitative estimate of drug-likeness (QED) is 0.772. The van der Waals surface area contributed by atoms with Crippen molar-refractivity contribution in [2.75, 3.05) is 23.3 Å². The van der Waals surface area contributed by atoms with E-state index in [2.05, 4.69) is 25.8 Å². The van der Waals surface area contributed by atoms with Crippen LogP contribution >= 0.6 is 27.5 Å². The fraction of sp³-hybridized carbons (Fsp3) is 0.500. The van der Waals surface area contributed by atoms with Gasteiger partial charge in [-0.2, -0.15) is 0 Å². The average Bonchev–Trinajstić information content (AvgIpc) is 2.67. The molecule has 1 saturated heterocycles. The molecule has 1 fully saturated rings. The molecule has 4 heteroatoms. The largest absolute Gasteiger partial charge is 0.355 e. The summed E-state index contributed by atoms with van der Waals surface area (Å²) in [5.74, 6) is 1.66. The lowest BCUT2D eigenvalue weighted by atomic mass is 10.2. The van der Waals surface area contributed by atoms with E-state index in [0.717, 1.165) is 35.2 Å². The molecule has 2 rings (SSSR count). The first-order chi connectivity index (χ1) is 6.81. The number of aromatic nitrogens is 1. The number of rotatable bonds is 2. The van der Waals surface area contributed by atoms with E-state index in [1.165, 1.54) is 6.42 Å². The van der Waals surface area contributed by atoms with Crippen molar-refractivity contribution < 1.29 is 0 Å². The van der Waals surface area contributed by atoms with Gasteiger partial charge < -0.3 is 4.90 Å². The van der Waals surface area contributed by atoms with Crippen LogP contribution in [-0.4, -0.2) is 23.4 Å². The highest BCUT2D eigenvalue weighted by Crippen LogP contribution is 2.28. The van der Waals surface area contributed by atoms with Gasteiger partial charge in [0, 0.05) is 24.6 Å². The Hall–Kier alpha value is -0.280. The van der Waals surface area contributed by atoms with E-state index in [1.807, 2.05) is 12.1 Å². The molecule has 1 aromatic heterocycles. The van der Waals surface area contributed by atoms with Gasteiger partial charge in [-0.3, -0.25) is 0 Å². The molecule has 1 aromatic rings. The second kappa shape index (κ2) is 4.49. The van der Waals surface area contributed by atoms with Crippen LogP contribution in [0.1, 0.15) is 6.42 Å². The van der Waals surface area contributed by atoms with Crippen LogP contribution in [0.15, 0.2) is 18.3 Å². The molecule has 76 valence electrons. The average molecular weight is 276 g/mol. The molecular formula is C10H12BrClN2. The molecule has 0 bridgehead atoms. The summed E-state index contributed by atoms with van der Waals surface area (Å²) >= 11 is 9.59. The molecular weight excluding hydrogens is 263 g/mol. The third-order valence-corrected chi connectivity index (χ3v) is 3.75. The predicted molar refractivity (Wildman–Crippen MR) is 63.4 cm³/mol. The molecule has 1 aliphatic heterocycles. The van der Waals surface area contributed by atoms with E-state index in [0.29, 0.717) is 0 Å². The standard InChI is InChI=1S/C10H12BrClN2/c11-6-8-3-5-14(7-8)10-9(12)2-1-4-13-10/h1-2,4,8H,3,5-7H2. The fourth-order valence-electron chi connectivity index (χ4n) is 1.76. The van der Waals surface area contributed by atoms with E-state index in [4.69, 9.17) is 11.6 Å². The Morgan fingerprint density at radius 1 is 1.64 bits per heavy atom. The van der Waals surface area contributed by atoms with Crippen molar-refractivity contribution in [3.05, 3.63) is 23.4 Å². The summed E-state index contributed by atoms with van der Waals surface area (Å²) in [5, 5.41) is 1.82. The Morgan fingerprint density at radius 2 is 2.50 bits per heavy atom. The predicted octanol–water partition coefficient (Wildman–Crippen LogP) is 2.96. The summed E-state index contributed by atoms with van der Waals surface area (Å²) in [7, 11) is 0. The maximum atomic E-state index is 6.08. The van der Waals surface area contributed by atoms with E-state index >= 15 is 0 Å². The van der Waals surface area contributed by atoms with E-state index in [1.54, 1.807) is 6.20 Å². The monoisotopic (exact) mass is 274 g/mol. The fourth-order valence-corrected chi connectivity index (χ4v) is 2.53. The molecule has 1 unspecified atom stereocenters. The van der Waals surface area contributed by atoms with Crippen molar-refractivity contribution in [2.24, 2.45) is 5.92 Å². The zero-order valence-corrected chi connectivity index (χ0v) is 10.1. The molecule has 2 nitrogen and oxygen atoms in total. The first-order valence-electron chi connectivity index (χ1n) is 4.72. The number of alkyl halides is 1. The van der Waals surface area contributed by atoms with E-state index in [9.17, 15) is 0 Å². The minimum absolute atomic E-state index is 0.730. The Bertz CT molecular complexity index is 319. The van der Waals surface area contributed by atoms with Crippen molar-refractivity contribution in [1.29, 1.82) is 0 Å². The van der Waals surface area contributed by atoms with E-state index < -0.39 is 0 Å². The topological polar surface area (TPSA) is 16.1 Å².